The number of hydrogen-bond donors (Lipinski definition) is 1. The van der Waals surface area contributed by atoms with Crippen LogP contribution in [0.3, 0.4) is 0 Å². The highest BCUT2D eigenvalue weighted by Crippen LogP contribution is 2.22. The lowest BCUT2D eigenvalue weighted by atomic mass is 10.1. The maximum absolute atomic E-state index is 13.0. The first-order valence-corrected chi connectivity index (χ1v) is 11.1. The SMILES string of the molecule is Cc1nc(Cn2c(C)nc3ccccc3c2=O)cc(N[C@H](C)c2ccc(OC(C)C)cc2)n1. The Kier molecular flexibility index (Phi) is 6.40. The molecule has 2 heterocycles. The van der Waals surface area contributed by atoms with Crippen molar-refractivity contribution in [3.63, 3.8) is 0 Å². The Bertz CT molecular complexity index is 1330. The van der Waals surface area contributed by atoms with Crippen LogP contribution < -0.4 is 15.6 Å². The maximum atomic E-state index is 13.0. The van der Waals surface area contributed by atoms with Crippen LogP contribution in [0, 0.1) is 13.8 Å². The summed E-state index contributed by atoms with van der Waals surface area (Å²) in [4.78, 5) is 26.7. The van der Waals surface area contributed by atoms with Crippen LogP contribution in [0.25, 0.3) is 10.9 Å². The van der Waals surface area contributed by atoms with Gasteiger partial charge in [0.1, 0.15) is 23.2 Å². The van der Waals surface area contributed by atoms with Gasteiger partial charge < -0.3 is 10.1 Å². The van der Waals surface area contributed by atoms with Crippen molar-refractivity contribution in [1.29, 1.82) is 0 Å². The zero-order valence-electron chi connectivity index (χ0n) is 19.7. The Morgan fingerprint density at radius 1 is 0.970 bits per heavy atom. The molecule has 33 heavy (non-hydrogen) atoms. The number of aromatic nitrogens is 4. The van der Waals surface area contributed by atoms with Crippen molar-refractivity contribution in [3.05, 3.63) is 87.9 Å². The van der Waals surface area contributed by atoms with Gasteiger partial charge in [-0.25, -0.2) is 15.0 Å². The smallest absolute Gasteiger partial charge is 0.261 e. The first-order valence-electron chi connectivity index (χ1n) is 11.1. The van der Waals surface area contributed by atoms with E-state index in [9.17, 15) is 4.79 Å². The topological polar surface area (TPSA) is 81.9 Å². The predicted octanol–water partition coefficient (Wildman–Crippen LogP) is 4.81. The van der Waals surface area contributed by atoms with E-state index in [0.717, 1.165) is 17.0 Å². The van der Waals surface area contributed by atoms with Gasteiger partial charge in [-0.05, 0) is 64.4 Å². The zero-order valence-corrected chi connectivity index (χ0v) is 19.7. The minimum Gasteiger partial charge on any atom is -0.491 e. The van der Waals surface area contributed by atoms with Crippen molar-refractivity contribution in [2.75, 3.05) is 5.32 Å². The molecule has 0 saturated carbocycles. The number of anilines is 1. The van der Waals surface area contributed by atoms with Gasteiger partial charge in [0.25, 0.3) is 5.56 Å². The van der Waals surface area contributed by atoms with Gasteiger partial charge in [0.2, 0.25) is 0 Å². The average molecular weight is 444 g/mol. The highest BCUT2D eigenvalue weighted by Gasteiger charge is 2.12. The summed E-state index contributed by atoms with van der Waals surface area (Å²) in [5.41, 5.74) is 2.51. The van der Waals surface area contributed by atoms with E-state index in [1.165, 1.54) is 0 Å². The first kappa shape index (κ1) is 22.5. The van der Waals surface area contributed by atoms with Gasteiger partial charge in [-0.2, -0.15) is 0 Å². The van der Waals surface area contributed by atoms with E-state index in [4.69, 9.17) is 4.74 Å². The van der Waals surface area contributed by atoms with E-state index in [-0.39, 0.29) is 17.7 Å². The highest BCUT2D eigenvalue weighted by atomic mass is 16.5. The van der Waals surface area contributed by atoms with E-state index in [0.29, 0.717) is 34.9 Å². The fourth-order valence-corrected chi connectivity index (χ4v) is 3.82. The van der Waals surface area contributed by atoms with Crippen LogP contribution in [0.1, 0.15) is 49.7 Å². The van der Waals surface area contributed by atoms with Crippen molar-refractivity contribution in [3.8, 4) is 5.75 Å². The molecule has 0 amide bonds. The standard InChI is InChI=1S/C26H29N5O2/c1-16(2)33-22-12-10-20(11-13-22)17(3)27-25-14-21(28-18(4)29-25)15-31-19(5)30-24-9-7-6-8-23(24)26(31)32/h6-14,16-17H,15H2,1-5H3,(H,27,28,29)/t17-/m1/s1. The number of para-hydroxylation sites is 1. The maximum Gasteiger partial charge on any atom is 0.261 e. The van der Waals surface area contributed by atoms with E-state index in [1.54, 1.807) is 10.6 Å². The monoisotopic (exact) mass is 443 g/mol. The predicted molar refractivity (Wildman–Crippen MR) is 131 cm³/mol. The number of aryl methyl sites for hydroxylation is 2. The molecule has 2 aromatic carbocycles. The fraction of sp³-hybridized carbons (Fsp3) is 0.308. The summed E-state index contributed by atoms with van der Waals surface area (Å²) in [6.07, 6.45) is 0.141. The Hall–Kier alpha value is -3.74. The van der Waals surface area contributed by atoms with Crippen LogP contribution in [0.2, 0.25) is 0 Å². The number of rotatable bonds is 7. The van der Waals surface area contributed by atoms with Gasteiger partial charge in [-0.1, -0.05) is 24.3 Å². The van der Waals surface area contributed by atoms with Gasteiger partial charge in [0.05, 0.1) is 29.2 Å². The average Bonchev–Trinajstić information content (AvgIpc) is 2.76. The molecule has 0 fully saturated rings. The number of fused-ring (bicyclic) bond motifs is 1. The van der Waals surface area contributed by atoms with Crippen LogP contribution in [0.4, 0.5) is 5.82 Å². The first-order chi connectivity index (χ1) is 15.8. The second-order valence-corrected chi connectivity index (χ2v) is 8.46. The lowest BCUT2D eigenvalue weighted by molar-refractivity contribution is 0.242. The summed E-state index contributed by atoms with van der Waals surface area (Å²) in [6.45, 7) is 10.1. The molecular weight excluding hydrogens is 414 g/mol. The lowest BCUT2D eigenvalue weighted by Gasteiger charge is -2.17. The van der Waals surface area contributed by atoms with Crippen molar-refractivity contribution in [2.45, 2.75) is 53.3 Å². The molecule has 170 valence electrons. The lowest BCUT2D eigenvalue weighted by Crippen LogP contribution is -2.25. The fourth-order valence-electron chi connectivity index (χ4n) is 3.82. The number of nitrogens with zero attached hydrogens (tertiary/aromatic N) is 4. The minimum absolute atomic E-state index is 0.0343. The molecule has 0 aliphatic carbocycles. The van der Waals surface area contributed by atoms with Crippen LogP contribution in [-0.4, -0.2) is 25.6 Å². The molecule has 2 aromatic heterocycles. The van der Waals surface area contributed by atoms with Crippen LogP contribution in [0.15, 0.2) is 59.4 Å². The molecule has 7 nitrogen and oxygen atoms in total. The van der Waals surface area contributed by atoms with E-state index < -0.39 is 0 Å². The van der Waals surface area contributed by atoms with E-state index in [1.807, 2.05) is 76.2 Å². The summed E-state index contributed by atoms with van der Waals surface area (Å²) in [6, 6.07) is 17.4. The number of nitrogens with one attached hydrogen (secondary N) is 1. The van der Waals surface area contributed by atoms with Crippen molar-refractivity contribution in [1.82, 2.24) is 19.5 Å². The van der Waals surface area contributed by atoms with Gasteiger partial charge in [0.15, 0.2) is 0 Å². The molecule has 0 unspecified atom stereocenters. The molecule has 7 heteroatoms. The summed E-state index contributed by atoms with van der Waals surface area (Å²) in [5.74, 6) is 2.86. The van der Waals surface area contributed by atoms with Gasteiger partial charge in [-0.15, -0.1) is 0 Å². The van der Waals surface area contributed by atoms with Crippen molar-refractivity contribution >= 4 is 16.7 Å². The van der Waals surface area contributed by atoms with E-state index in [2.05, 4.69) is 27.2 Å². The summed E-state index contributed by atoms with van der Waals surface area (Å²) in [5, 5.41) is 4.05. The Morgan fingerprint density at radius 3 is 2.42 bits per heavy atom. The zero-order chi connectivity index (χ0) is 23.5. The molecule has 0 bridgehead atoms. The highest BCUT2D eigenvalue weighted by molar-refractivity contribution is 5.77. The molecular formula is C26H29N5O2. The molecule has 0 aliphatic heterocycles. The Balaban J connectivity index is 1.56. The Morgan fingerprint density at radius 2 is 1.70 bits per heavy atom. The molecule has 0 aliphatic rings. The largest absolute Gasteiger partial charge is 0.491 e. The number of ether oxygens (including phenoxy) is 1. The molecule has 0 radical (unpaired) electrons. The van der Waals surface area contributed by atoms with Gasteiger partial charge in [0, 0.05) is 12.1 Å². The normalized spacial score (nSPS) is 12.2. The number of benzene rings is 2. The summed E-state index contributed by atoms with van der Waals surface area (Å²) in [7, 11) is 0. The van der Waals surface area contributed by atoms with Crippen LogP contribution in [-0.2, 0) is 6.54 Å². The number of hydrogen-bond acceptors (Lipinski definition) is 6. The quantitative estimate of drug-likeness (QED) is 0.441. The molecule has 1 N–H and O–H groups in total. The molecule has 1 atom stereocenters. The third-order valence-corrected chi connectivity index (χ3v) is 5.38. The third-order valence-electron chi connectivity index (χ3n) is 5.38. The van der Waals surface area contributed by atoms with Crippen LogP contribution in [0.5, 0.6) is 5.75 Å². The summed E-state index contributed by atoms with van der Waals surface area (Å²) < 4.78 is 7.38. The molecule has 4 rings (SSSR count). The Labute approximate surface area is 193 Å². The van der Waals surface area contributed by atoms with Gasteiger partial charge >= 0.3 is 0 Å². The third kappa shape index (κ3) is 5.19. The molecule has 4 aromatic rings. The second-order valence-electron chi connectivity index (χ2n) is 8.46. The van der Waals surface area contributed by atoms with Crippen molar-refractivity contribution in [2.24, 2.45) is 0 Å². The molecule has 0 spiro atoms. The van der Waals surface area contributed by atoms with Crippen molar-refractivity contribution < 1.29 is 4.74 Å². The summed E-state index contributed by atoms with van der Waals surface area (Å²) >= 11 is 0. The van der Waals surface area contributed by atoms with E-state index >= 15 is 0 Å². The van der Waals surface area contributed by atoms with Crippen LogP contribution >= 0.6 is 0 Å². The molecule has 0 saturated heterocycles. The van der Waals surface area contributed by atoms with Gasteiger partial charge in [-0.3, -0.25) is 9.36 Å². The second kappa shape index (κ2) is 9.40. The minimum atomic E-state index is -0.0686.